The molecular formula is C14H18O3. The van der Waals surface area contributed by atoms with Crippen LogP contribution >= 0.6 is 0 Å². The van der Waals surface area contributed by atoms with Crippen LogP contribution in [0.25, 0.3) is 0 Å². The van der Waals surface area contributed by atoms with Gasteiger partial charge in [0.1, 0.15) is 5.75 Å². The van der Waals surface area contributed by atoms with Crippen LogP contribution in [0.4, 0.5) is 0 Å². The van der Waals surface area contributed by atoms with Crippen LogP contribution < -0.4 is 0 Å². The third-order valence-corrected chi connectivity index (χ3v) is 3.53. The molecule has 17 heavy (non-hydrogen) atoms. The molecule has 1 aliphatic rings. The van der Waals surface area contributed by atoms with Crippen molar-refractivity contribution in [2.75, 3.05) is 6.61 Å². The van der Waals surface area contributed by atoms with Gasteiger partial charge in [-0.15, -0.1) is 0 Å². The summed E-state index contributed by atoms with van der Waals surface area (Å²) in [5.41, 5.74) is 2.13. The van der Waals surface area contributed by atoms with Gasteiger partial charge in [-0.2, -0.15) is 0 Å². The van der Waals surface area contributed by atoms with Crippen molar-refractivity contribution in [2.24, 2.45) is 0 Å². The zero-order valence-corrected chi connectivity index (χ0v) is 10.3. The Morgan fingerprint density at radius 2 is 2.29 bits per heavy atom. The van der Waals surface area contributed by atoms with E-state index < -0.39 is 0 Å². The second-order valence-corrected chi connectivity index (χ2v) is 4.88. The summed E-state index contributed by atoms with van der Waals surface area (Å²) in [6, 6.07) is 5.43. The van der Waals surface area contributed by atoms with Gasteiger partial charge in [-0.25, -0.2) is 0 Å². The van der Waals surface area contributed by atoms with Crippen molar-refractivity contribution in [3.05, 3.63) is 29.3 Å². The van der Waals surface area contributed by atoms with E-state index in [4.69, 9.17) is 4.74 Å². The summed E-state index contributed by atoms with van der Waals surface area (Å²) in [6.45, 7) is 4.30. The number of benzene rings is 1. The summed E-state index contributed by atoms with van der Waals surface area (Å²) in [5, 5.41) is 9.55. The molecule has 0 spiro atoms. The molecule has 1 aliphatic carbocycles. The maximum absolute atomic E-state index is 11.6. The van der Waals surface area contributed by atoms with Gasteiger partial charge in [-0.3, -0.25) is 4.79 Å². The molecule has 0 saturated carbocycles. The van der Waals surface area contributed by atoms with Crippen LogP contribution in [0.5, 0.6) is 5.75 Å². The lowest BCUT2D eigenvalue weighted by Crippen LogP contribution is -2.24. The maximum Gasteiger partial charge on any atom is 0.306 e. The Labute approximate surface area is 101 Å². The molecule has 0 saturated heterocycles. The number of esters is 1. The molecule has 1 atom stereocenters. The number of hydrogen-bond acceptors (Lipinski definition) is 3. The highest BCUT2D eigenvalue weighted by molar-refractivity contribution is 5.72. The molecule has 1 N–H and O–H groups in total. The first-order valence-electron chi connectivity index (χ1n) is 6.03. The summed E-state index contributed by atoms with van der Waals surface area (Å²) in [6.07, 6.45) is 2.29. The van der Waals surface area contributed by atoms with Crippen LogP contribution in [0, 0.1) is 0 Å². The van der Waals surface area contributed by atoms with Crippen LogP contribution in [-0.4, -0.2) is 17.7 Å². The van der Waals surface area contributed by atoms with Gasteiger partial charge in [0.25, 0.3) is 0 Å². The number of aromatic hydroxyl groups is 1. The molecular weight excluding hydrogens is 216 g/mol. The largest absolute Gasteiger partial charge is 0.508 e. The van der Waals surface area contributed by atoms with Crippen molar-refractivity contribution in [1.29, 1.82) is 0 Å². The minimum atomic E-state index is -0.194. The van der Waals surface area contributed by atoms with Crippen molar-refractivity contribution in [2.45, 2.75) is 38.5 Å². The van der Waals surface area contributed by atoms with Crippen LogP contribution in [0.3, 0.4) is 0 Å². The van der Waals surface area contributed by atoms with E-state index in [-0.39, 0.29) is 17.1 Å². The number of phenolic OH excluding ortho intramolecular Hbond substituents is 1. The number of hydrogen-bond donors (Lipinski definition) is 1. The number of fused-ring (bicyclic) bond motifs is 1. The predicted octanol–water partition coefficient (Wildman–Crippen LogP) is 2.55. The topological polar surface area (TPSA) is 46.5 Å². The fourth-order valence-corrected chi connectivity index (χ4v) is 2.60. The maximum atomic E-state index is 11.6. The minimum Gasteiger partial charge on any atom is -0.508 e. The summed E-state index contributed by atoms with van der Waals surface area (Å²) in [7, 11) is 0. The van der Waals surface area contributed by atoms with Gasteiger partial charge in [0.05, 0.1) is 13.0 Å². The van der Waals surface area contributed by atoms with Gasteiger partial charge < -0.3 is 9.84 Å². The number of rotatable bonds is 3. The Hall–Kier alpha value is -1.51. The predicted molar refractivity (Wildman–Crippen MR) is 65.0 cm³/mol. The molecule has 0 amide bonds. The molecule has 1 aromatic carbocycles. The van der Waals surface area contributed by atoms with Crippen molar-refractivity contribution in [3.63, 3.8) is 0 Å². The second kappa shape index (κ2) is 4.40. The Bertz CT molecular complexity index is 439. The molecule has 0 radical (unpaired) electrons. The van der Waals surface area contributed by atoms with Gasteiger partial charge in [-0.1, -0.05) is 13.0 Å². The molecule has 0 aromatic heterocycles. The average Bonchev–Trinajstić information content (AvgIpc) is 2.57. The van der Waals surface area contributed by atoms with E-state index in [1.165, 1.54) is 5.56 Å². The number of carbonyl (C=O) groups excluding carboxylic acids is 1. The number of ether oxygens (including phenoxy) is 1. The zero-order valence-electron chi connectivity index (χ0n) is 10.3. The van der Waals surface area contributed by atoms with Gasteiger partial charge in [0, 0.05) is 5.41 Å². The van der Waals surface area contributed by atoms with E-state index in [0.29, 0.717) is 13.0 Å². The SMILES string of the molecule is CCOC(=O)C[C@@]1(C)CCc2ccc(O)cc21. The molecule has 0 bridgehead atoms. The van der Waals surface area contributed by atoms with Gasteiger partial charge in [0.15, 0.2) is 0 Å². The van der Waals surface area contributed by atoms with E-state index in [9.17, 15) is 9.90 Å². The number of aryl methyl sites for hydroxylation is 1. The third-order valence-electron chi connectivity index (χ3n) is 3.53. The highest BCUT2D eigenvalue weighted by Crippen LogP contribution is 2.42. The van der Waals surface area contributed by atoms with Crippen molar-refractivity contribution < 1.29 is 14.6 Å². The molecule has 1 aromatic rings. The van der Waals surface area contributed by atoms with E-state index in [2.05, 4.69) is 6.92 Å². The molecule has 0 heterocycles. The fourth-order valence-electron chi connectivity index (χ4n) is 2.60. The standard InChI is InChI=1S/C14H18O3/c1-3-17-13(16)9-14(2)7-6-10-4-5-11(15)8-12(10)14/h4-5,8,15H,3,6-7,9H2,1-2H3/t14-/m1/s1. The molecule has 3 heteroatoms. The minimum absolute atomic E-state index is 0.161. The second-order valence-electron chi connectivity index (χ2n) is 4.88. The highest BCUT2D eigenvalue weighted by atomic mass is 16.5. The monoisotopic (exact) mass is 234 g/mol. The van der Waals surface area contributed by atoms with Gasteiger partial charge in [-0.05, 0) is 43.0 Å². The molecule has 0 fully saturated rings. The van der Waals surface area contributed by atoms with Gasteiger partial charge in [0.2, 0.25) is 0 Å². The lowest BCUT2D eigenvalue weighted by atomic mass is 9.81. The average molecular weight is 234 g/mol. The van der Waals surface area contributed by atoms with E-state index in [1.54, 1.807) is 12.1 Å². The number of phenols is 1. The molecule has 3 nitrogen and oxygen atoms in total. The first-order valence-corrected chi connectivity index (χ1v) is 6.03. The Kier molecular flexibility index (Phi) is 3.09. The van der Waals surface area contributed by atoms with E-state index >= 15 is 0 Å². The van der Waals surface area contributed by atoms with Gasteiger partial charge >= 0.3 is 5.97 Å². The molecule has 0 aliphatic heterocycles. The highest BCUT2D eigenvalue weighted by Gasteiger charge is 2.36. The summed E-state index contributed by atoms with van der Waals surface area (Å²) in [4.78, 5) is 11.6. The zero-order chi connectivity index (χ0) is 12.5. The lowest BCUT2D eigenvalue weighted by Gasteiger charge is -2.24. The van der Waals surface area contributed by atoms with Crippen LogP contribution in [0.2, 0.25) is 0 Å². The quantitative estimate of drug-likeness (QED) is 0.817. The Morgan fingerprint density at radius 1 is 1.53 bits per heavy atom. The summed E-state index contributed by atoms with van der Waals surface area (Å²) < 4.78 is 5.01. The van der Waals surface area contributed by atoms with Crippen LogP contribution in [0.1, 0.15) is 37.8 Å². The first kappa shape index (κ1) is 12.0. The normalized spacial score (nSPS) is 22.2. The molecule has 2 rings (SSSR count). The number of carbonyl (C=O) groups is 1. The first-order chi connectivity index (χ1) is 8.05. The summed E-state index contributed by atoms with van der Waals surface area (Å²) >= 11 is 0. The van der Waals surface area contributed by atoms with E-state index in [1.807, 2.05) is 13.0 Å². The van der Waals surface area contributed by atoms with Crippen LogP contribution in [0.15, 0.2) is 18.2 Å². The Morgan fingerprint density at radius 3 is 3.00 bits per heavy atom. The molecule has 92 valence electrons. The van der Waals surface area contributed by atoms with E-state index in [0.717, 1.165) is 18.4 Å². The van der Waals surface area contributed by atoms with Crippen molar-refractivity contribution >= 4 is 5.97 Å². The van der Waals surface area contributed by atoms with Crippen LogP contribution in [-0.2, 0) is 21.4 Å². The fraction of sp³-hybridized carbons (Fsp3) is 0.500. The Balaban J connectivity index is 2.24. The molecule has 0 unspecified atom stereocenters. The third kappa shape index (κ3) is 2.28. The van der Waals surface area contributed by atoms with Crippen molar-refractivity contribution in [1.82, 2.24) is 0 Å². The summed E-state index contributed by atoms with van der Waals surface area (Å²) in [5.74, 6) is 0.104. The lowest BCUT2D eigenvalue weighted by molar-refractivity contribution is -0.144. The van der Waals surface area contributed by atoms with Crippen molar-refractivity contribution in [3.8, 4) is 5.75 Å². The smallest absolute Gasteiger partial charge is 0.306 e.